The fourth-order valence-corrected chi connectivity index (χ4v) is 3.30. The van der Waals surface area contributed by atoms with Crippen molar-refractivity contribution >= 4 is 11.8 Å². The smallest absolute Gasteiger partial charge is 0.123 e. The van der Waals surface area contributed by atoms with Crippen LogP contribution in [-0.4, -0.2) is 17.5 Å². The van der Waals surface area contributed by atoms with Gasteiger partial charge in [-0.1, -0.05) is 18.6 Å². The fraction of sp³-hybridized carbons (Fsp3) is 0.538. The van der Waals surface area contributed by atoms with Crippen molar-refractivity contribution in [1.82, 2.24) is 5.32 Å². The molecule has 0 amide bonds. The highest BCUT2D eigenvalue weighted by atomic mass is 32.2. The zero-order chi connectivity index (χ0) is 11.4. The molecule has 16 heavy (non-hydrogen) atoms. The molecule has 2 unspecified atom stereocenters. The molecule has 1 aromatic rings. The van der Waals surface area contributed by atoms with E-state index in [-0.39, 0.29) is 5.82 Å². The summed E-state index contributed by atoms with van der Waals surface area (Å²) in [5.41, 5.74) is 1.03. The highest BCUT2D eigenvalue weighted by Crippen LogP contribution is 2.28. The average Bonchev–Trinajstić information content (AvgIpc) is 2.74. The summed E-state index contributed by atoms with van der Waals surface area (Å²) >= 11 is 1.94. The molecular weight excluding hydrogens is 221 g/mol. The van der Waals surface area contributed by atoms with Crippen molar-refractivity contribution in [3.05, 3.63) is 35.6 Å². The Bertz CT molecular complexity index is 342. The zero-order valence-electron chi connectivity index (χ0n) is 9.58. The predicted molar refractivity (Wildman–Crippen MR) is 68.2 cm³/mol. The first-order valence-corrected chi connectivity index (χ1v) is 7.09. The van der Waals surface area contributed by atoms with E-state index in [0.29, 0.717) is 6.04 Å². The largest absolute Gasteiger partial charge is 0.309 e. The number of hydrogen-bond acceptors (Lipinski definition) is 2. The predicted octanol–water partition coefficient (Wildman–Crippen LogP) is 3.20. The molecule has 0 saturated heterocycles. The first-order chi connectivity index (χ1) is 7.79. The Kier molecular flexibility index (Phi) is 4.24. The maximum absolute atomic E-state index is 13.0. The summed E-state index contributed by atoms with van der Waals surface area (Å²) in [5, 5.41) is 4.27. The van der Waals surface area contributed by atoms with Crippen molar-refractivity contribution < 1.29 is 4.39 Å². The summed E-state index contributed by atoms with van der Waals surface area (Å²) in [7, 11) is 0. The summed E-state index contributed by atoms with van der Waals surface area (Å²) in [5.74, 6) is -0.146. The van der Waals surface area contributed by atoms with Gasteiger partial charge in [0.05, 0.1) is 0 Å². The van der Waals surface area contributed by atoms with Gasteiger partial charge in [-0.05, 0) is 36.8 Å². The van der Waals surface area contributed by atoms with Gasteiger partial charge in [0.15, 0.2) is 0 Å². The van der Waals surface area contributed by atoms with Crippen molar-refractivity contribution in [2.45, 2.75) is 37.1 Å². The van der Waals surface area contributed by atoms with Crippen molar-refractivity contribution in [3.63, 3.8) is 0 Å². The van der Waals surface area contributed by atoms with E-state index in [0.717, 1.165) is 17.4 Å². The third-order valence-corrected chi connectivity index (χ3v) is 4.38. The normalized spacial score (nSPS) is 24.9. The van der Waals surface area contributed by atoms with E-state index in [1.165, 1.54) is 25.3 Å². The van der Waals surface area contributed by atoms with Gasteiger partial charge in [0.1, 0.15) is 5.82 Å². The van der Waals surface area contributed by atoms with Gasteiger partial charge in [-0.3, -0.25) is 0 Å². The second kappa shape index (κ2) is 5.69. The maximum atomic E-state index is 13.0. The molecule has 0 radical (unpaired) electrons. The third kappa shape index (κ3) is 2.98. The first-order valence-electron chi connectivity index (χ1n) is 5.80. The third-order valence-electron chi connectivity index (χ3n) is 3.21. The Labute approximate surface area is 101 Å². The van der Waals surface area contributed by atoms with Gasteiger partial charge in [-0.15, -0.1) is 0 Å². The molecule has 3 heteroatoms. The van der Waals surface area contributed by atoms with Crippen molar-refractivity contribution in [2.24, 2.45) is 0 Å². The number of hydrogen-bond donors (Lipinski definition) is 1. The van der Waals surface area contributed by atoms with E-state index < -0.39 is 0 Å². The molecule has 0 bridgehead atoms. The van der Waals surface area contributed by atoms with Gasteiger partial charge in [-0.25, -0.2) is 4.39 Å². The molecule has 1 N–H and O–H groups in total. The minimum absolute atomic E-state index is 0.146. The van der Waals surface area contributed by atoms with Crippen LogP contribution in [0.3, 0.4) is 0 Å². The van der Waals surface area contributed by atoms with Crippen LogP contribution in [0, 0.1) is 5.82 Å². The minimum Gasteiger partial charge on any atom is -0.309 e. The van der Waals surface area contributed by atoms with Crippen molar-refractivity contribution in [1.29, 1.82) is 0 Å². The van der Waals surface area contributed by atoms with Crippen LogP contribution < -0.4 is 5.32 Å². The lowest BCUT2D eigenvalue weighted by Gasteiger charge is -2.19. The number of halogens is 1. The topological polar surface area (TPSA) is 12.0 Å². The molecule has 88 valence electrons. The summed E-state index contributed by atoms with van der Waals surface area (Å²) < 4.78 is 13.0. The lowest BCUT2D eigenvalue weighted by molar-refractivity contribution is 0.530. The minimum atomic E-state index is -0.146. The molecule has 0 spiro atoms. The van der Waals surface area contributed by atoms with Crippen LogP contribution in [-0.2, 0) is 6.54 Å². The molecule has 2 rings (SSSR count). The molecule has 0 aromatic heterocycles. The standard InChI is InChI=1S/C13H18FNS/c1-16-13-7-3-6-12(13)15-9-10-4-2-5-11(14)8-10/h2,4-5,8,12-13,15H,3,6-7,9H2,1H3. The highest BCUT2D eigenvalue weighted by Gasteiger charge is 2.25. The number of benzene rings is 1. The SMILES string of the molecule is CSC1CCCC1NCc1cccc(F)c1. The molecule has 1 nitrogen and oxygen atoms in total. The van der Waals surface area contributed by atoms with Gasteiger partial charge in [0.25, 0.3) is 0 Å². The van der Waals surface area contributed by atoms with Crippen LogP contribution in [0.4, 0.5) is 4.39 Å². The van der Waals surface area contributed by atoms with E-state index in [2.05, 4.69) is 11.6 Å². The Morgan fingerprint density at radius 3 is 3.06 bits per heavy atom. The van der Waals surface area contributed by atoms with Crippen LogP contribution in [0.15, 0.2) is 24.3 Å². The van der Waals surface area contributed by atoms with Gasteiger partial charge < -0.3 is 5.32 Å². The molecule has 1 saturated carbocycles. The van der Waals surface area contributed by atoms with Crippen molar-refractivity contribution in [3.8, 4) is 0 Å². The molecule has 2 atom stereocenters. The average molecular weight is 239 g/mol. The molecule has 1 aliphatic rings. The lowest BCUT2D eigenvalue weighted by atomic mass is 10.2. The Balaban J connectivity index is 1.87. The molecule has 0 heterocycles. The summed E-state index contributed by atoms with van der Waals surface area (Å²) in [6, 6.07) is 7.43. The summed E-state index contributed by atoms with van der Waals surface area (Å²) in [4.78, 5) is 0. The van der Waals surface area contributed by atoms with Crippen LogP contribution >= 0.6 is 11.8 Å². The van der Waals surface area contributed by atoms with Crippen LogP contribution in [0.5, 0.6) is 0 Å². The number of thioether (sulfide) groups is 1. The first kappa shape index (κ1) is 11.9. The quantitative estimate of drug-likeness (QED) is 0.866. The molecular formula is C13H18FNS. The van der Waals surface area contributed by atoms with Gasteiger partial charge in [-0.2, -0.15) is 11.8 Å². The monoisotopic (exact) mass is 239 g/mol. The second-order valence-corrected chi connectivity index (χ2v) is 5.40. The molecule has 1 aliphatic carbocycles. The van der Waals surface area contributed by atoms with E-state index in [4.69, 9.17) is 0 Å². The number of nitrogens with one attached hydrogen (secondary N) is 1. The molecule has 0 aliphatic heterocycles. The van der Waals surface area contributed by atoms with E-state index in [1.54, 1.807) is 12.1 Å². The Hall–Kier alpha value is -0.540. The Morgan fingerprint density at radius 2 is 2.31 bits per heavy atom. The van der Waals surface area contributed by atoms with E-state index in [1.807, 2.05) is 17.8 Å². The Morgan fingerprint density at radius 1 is 1.44 bits per heavy atom. The van der Waals surface area contributed by atoms with Gasteiger partial charge >= 0.3 is 0 Å². The van der Waals surface area contributed by atoms with Crippen LogP contribution in [0.1, 0.15) is 24.8 Å². The van der Waals surface area contributed by atoms with Crippen LogP contribution in [0.25, 0.3) is 0 Å². The fourth-order valence-electron chi connectivity index (χ4n) is 2.34. The van der Waals surface area contributed by atoms with Gasteiger partial charge in [0.2, 0.25) is 0 Å². The maximum Gasteiger partial charge on any atom is 0.123 e. The lowest BCUT2D eigenvalue weighted by Crippen LogP contribution is -2.33. The highest BCUT2D eigenvalue weighted by molar-refractivity contribution is 7.99. The van der Waals surface area contributed by atoms with Crippen LogP contribution in [0.2, 0.25) is 0 Å². The van der Waals surface area contributed by atoms with E-state index >= 15 is 0 Å². The van der Waals surface area contributed by atoms with Crippen molar-refractivity contribution in [2.75, 3.05) is 6.26 Å². The molecule has 1 aromatic carbocycles. The molecule has 1 fully saturated rings. The summed E-state index contributed by atoms with van der Waals surface area (Å²) in [6.45, 7) is 0.777. The number of rotatable bonds is 4. The summed E-state index contributed by atoms with van der Waals surface area (Å²) in [6.07, 6.45) is 6.04. The van der Waals surface area contributed by atoms with E-state index in [9.17, 15) is 4.39 Å². The van der Waals surface area contributed by atoms with Gasteiger partial charge in [0, 0.05) is 17.8 Å². The zero-order valence-corrected chi connectivity index (χ0v) is 10.4. The second-order valence-electron chi connectivity index (χ2n) is 4.32.